The fourth-order valence-electron chi connectivity index (χ4n) is 2.63. The van der Waals surface area contributed by atoms with Gasteiger partial charge in [0, 0.05) is 18.8 Å². The molecule has 0 N–H and O–H groups in total. The summed E-state index contributed by atoms with van der Waals surface area (Å²) in [5, 5.41) is 4.19. The molecular formula is C18H18N4OS. The molecule has 0 aliphatic rings. The second-order valence-corrected chi connectivity index (χ2v) is 6.59. The molecule has 0 spiro atoms. The number of fused-ring (bicyclic) bond motifs is 1. The highest BCUT2D eigenvalue weighted by Crippen LogP contribution is 2.19. The van der Waals surface area contributed by atoms with Crippen LogP contribution >= 0.6 is 11.3 Å². The number of carbonyl (C=O) groups is 1. The topological polar surface area (TPSA) is 52.2 Å². The van der Waals surface area contributed by atoms with Crippen molar-refractivity contribution in [2.45, 2.75) is 26.8 Å². The van der Waals surface area contributed by atoms with Gasteiger partial charge in [-0.15, -0.1) is 6.42 Å². The monoisotopic (exact) mass is 338 g/mol. The molecule has 0 fully saturated rings. The van der Waals surface area contributed by atoms with Gasteiger partial charge in [0.1, 0.15) is 0 Å². The number of hydrogen-bond acceptors (Lipinski definition) is 3. The minimum atomic E-state index is -0.346. The van der Waals surface area contributed by atoms with Crippen LogP contribution in [0.1, 0.15) is 28.5 Å². The number of terminal acetylenes is 1. The Kier molecular flexibility index (Phi) is 4.36. The Morgan fingerprint density at radius 2 is 2.25 bits per heavy atom. The number of carbonyl (C=O) groups excluding carboxylic acids is 1. The number of benzene rings is 1. The summed E-state index contributed by atoms with van der Waals surface area (Å²) in [6.07, 6.45) is 8.26. The summed E-state index contributed by atoms with van der Waals surface area (Å²) < 4.78 is 4.59. The first-order valence-electron chi connectivity index (χ1n) is 7.68. The fraction of sp³-hybridized carbons (Fsp3) is 0.278. The first-order valence-corrected chi connectivity index (χ1v) is 8.50. The molecule has 6 heteroatoms. The van der Waals surface area contributed by atoms with E-state index < -0.39 is 0 Å². The zero-order chi connectivity index (χ0) is 17.3. The predicted octanol–water partition coefficient (Wildman–Crippen LogP) is 2.68. The highest BCUT2D eigenvalue weighted by molar-refractivity contribution is 7.16. The van der Waals surface area contributed by atoms with Crippen molar-refractivity contribution in [3.8, 4) is 12.3 Å². The smallest absolute Gasteiger partial charge is 0.300 e. The minimum Gasteiger partial charge on any atom is -0.305 e. The van der Waals surface area contributed by atoms with Crippen molar-refractivity contribution in [1.82, 2.24) is 14.3 Å². The number of thiazole rings is 1. The molecule has 122 valence electrons. The third-order valence-corrected chi connectivity index (χ3v) is 4.86. The molecule has 0 saturated heterocycles. The molecule has 0 saturated carbocycles. The van der Waals surface area contributed by atoms with E-state index in [1.165, 1.54) is 16.9 Å². The van der Waals surface area contributed by atoms with Crippen LogP contribution in [-0.2, 0) is 20.0 Å². The van der Waals surface area contributed by atoms with Gasteiger partial charge in [0.25, 0.3) is 5.91 Å². The molecule has 0 aliphatic carbocycles. The summed E-state index contributed by atoms with van der Waals surface area (Å²) in [7, 11) is 1.79. The lowest BCUT2D eigenvalue weighted by molar-refractivity contribution is 0.0992. The Bertz CT molecular complexity index is 1030. The molecule has 0 aliphatic heterocycles. The Labute approximate surface area is 144 Å². The van der Waals surface area contributed by atoms with Gasteiger partial charge >= 0.3 is 0 Å². The van der Waals surface area contributed by atoms with E-state index in [-0.39, 0.29) is 5.91 Å². The number of amides is 1. The quantitative estimate of drug-likeness (QED) is 0.690. The molecule has 1 amide bonds. The van der Waals surface area contributed by atoms with Gasteiger partial charge in [0.05, 0.1) is 16.8 Å². The number of aryl methyl sites for hydroxylation is 3. The van der Waals surface area contributed by atoms with E-state index in [9.17, 15) is 4.79 Å². The number of rotatable bonds is 3. The molecule has 3 rings (SSSR count). The molecule has 0 bridgehead atoms. The van der Waals surface area contributed by atoms with Crippen molar-refractivity contribution in [2.24, 2.45) is 12.0 Å². The van der Waals surface area contributed by atoms with E-state index in [0.29, 0.717) is 17.0 Å². The number of hydrogen-bond donors (Lipinski definition) is 0. The lowest BCUT2D eigenvalue weighted by Crippen LogP contribution is -2.17. The van der Waals surface area contributed by atoms with E-state index in [1.54, 1.807) is 17.9 Å². The summed E-state index contributed by atoms with van der Waals surface area (Å²) in [6.45, 7) is 4.34. The van der Waals surface area contributed by atoms with Gasteiger partial charge in [0.15, 0.2) is 10.5 Å². The third kappa shape index (κ3) is 2.91. The number of nitrogens with zero attached hydrogens (tertiary/aromatic N) is 4. The number of aromatic nitrogens is 3. The van der Waals surface area contributed by atoms with E-state index in [2.05, 4.69) is 35.1 Å². The summed E-state index contributed by atoms with van der Waals surface area (Å²) >= 11 is 1.47. The van der Waals surface area contributed by atoms with Crippen LogP contribution < -0.4 is 4.80 Å². The van der Waals surface area contributed by atoms with Gasteiger partial charge in [-0.05, 0) is 31.0 Å². The van der Waals surface area contributed by atoms with Gasteiger partial charge in [-0.2, -0.15) is 10.1 Å². The van der Waals surface area contributed by atoms with Gasteiger partial charge < -0.3 is 4.57 Å². The standard InChI is InChI=1S/C18H18N4OS/c1-5-9-22-14-8-7-13(6-2)10-15(14)24-18(22)19-17(23)16-12(3)11-21(4)20-16/h1,7-8,10-11H,6,9H2,2-4H3. The van der Waals surface area contributed by atoms with Crippen molar-refractivity contribution in [2.75, 3.05) is 0 Å². The molecule has 24 heavy (non-hydrogen) atoms. The van der Waals surface area contributed by atoms with E-state index in [1.807, 2.05) is 17.6 Å². The Hall–Kier alpha value is -2.65. The predicted molar refractivity (Wildman–Crippen MR) is 95.9 cm³/mol. The van der Waals surface area contributed by atoms with E-state index in [0.717, 1.165) is 22.2 Å². The second-order valence-electron chi connectivity index (χ2n) is 5.58. The molecule has 0 radical (unpaired) electrons. The summed E-state index contributed by atoms with van der Waals surface area (Å²) in [6, 6.07) is 6.25. The van der Waals surface area contributed by atoms with Crippen LogP contribution in [0.5, 0.6) is 0 Å². The van der Waals surface area contributed by atoms with Crippen molar-refractivity contribution in [1.29, 1.82) is 0 Å². The van der Waals surface area contributed by atoms with Crippen molar-refractivity contribution in [3.63, 3.8) is 0 Å². The SMILES string of the molecule is C#CCn1c(=NC(=O)c2nn(C)cc2C)sc2cc(CC)ccc21. The average molecular weight is 338 g/mol. The normalized spacial score (nSPS) is 11.8. The van der Waals surface area contributed by atoms with E-state index in [4.69, 9.17) is 6.42 Å². The summed E-state index contributed by atoms with van der Waals surface area (Å²) in [5.41, 5.74) is 3.43. The Morgan fingerprint density at radius 1 is 1.46 bits per heavy atom. The van der Waals surface area contributed by atoms with Crippen LogP contribution in [0.3, 0.4) is 0 Å². The first-order chi connectivity index (χ1) is 11.5. The molecule has 0 unspecified atom stereocenters. The highest BCUT2D eigenvalue weighted by Gasteiger charge is 2.14. The zero-order valence-corrected chi connectivity index (χ0v) is 14.7. The molecule has 1 aromatic carbocycles. The Balaban J connectivity index is 2.17. The molecule has 0 atom stereocenters. The van der Waals surface area contributed by atoms with Gasteiger partial charge in [-0.25, -0.2) is 0 Å². The van der Waals surface area contributed by atoms with E-state index >= 15 is 0 Å². The van der Waals surface area contributed by atoms with Crippen LogP contribution in [0, 0.1) is 19.3 Å². The van der Waals surface area contributed by atoms with Crippen LogP contribution in [-0.4, -0.2) is 20.3 Å². The van der Waals surface area contributed by atoms with Crippen LogP contribution in [0.4, 0.5) is 0 Å². The molecule has 5 nitrogen and oxygen atoms in total. The molecular weight excluding hydrogens is 320 g/mol. The molecule has 3 aromatic rings. The van der Waals surface area contributed by atoms with Crippen LogP contribution in [0.25, 0.3) is 10.2 Å². The average Bonchev–Trinajstić information content (AvgIpc) is 3.07. The highest BCUT2D eigenvalue weighted by atomic mass is 32.1. The maximum atomic E-state index is 12.5. The largest absolute Gasteiger partial charge is 0.305 e. The molecule has 2 heterocycles. The maximum Gasteiger partial charge on any atom is 0.300 e. The zero-order valence-electron chi connectivity index (χ0n) is 13.9. The summed E-state index contributed by atoms with van der Waals surface area (Å²) in [5.74, 6) is 2.29. The van der Waals surface area contributed by atoms with Crippen LogP contribution in [0.2, 0.25) is 0 Å². The van der Waals surface area contributed by atoms with Crippen molar-refractivity contribution >= 4 is 27.5 Å². The second kappa shape index (κ2) is 6.46. The van der Waals surface area contributed by atoms with Crippen LogP contribution in [0.15, 0.2) is 29.4 Å². The lowest BCUT2D eigenvalue weighted by atomic mass is 10.2. The maximum absolute atomic E-state index is 12.5. The summed E-state index contributed by atoms with van der Waals surface area (Å²) in [4.78, 5) is 17.4. The third-order valence-electron chi connectivity index (χ3n) is 3.82. The van der Waals surface area contributed by atoms with Crippen molar-refractivity contribution < 1.29 is 4.79 Å². The first kappa shape index (κ1) is 16.2. The lowest BCUT2D eigenvalue weighted by Gasteiger charge is -2.00. The molecule has 2 aromatic heterocycles. The minimum absolute atomic E-state index is 0.346. The van der Waals surface area contributed by atoms with Gasteiger partial charge in [-0.3, -0.25) is 9.48 Å². The van der Waals surface area contributed by atoms with Gasteiger partial charge in [-0.1, -0.05) is 30.2 Å². The van der Waals surface area contributed by atoms with Gasteiger partial charge in [0.2, 0.25) is 0 Å². The Morgan fingerprint density at radius 3 is 2.88 bits per heavy atom. The van der Waals surface area contributed by atoms with Crippen molar-refractivity contribution in [3.05, 3.63) is 46.0 Å². The fourth-order valence-corrected chi connectivity index (χ4v) is 3.72.